The van der Waals surface area contributed by atoms with Crippen molar-refractivity contribution in [2.75, 3.05) is 20.7 Å². The number of ether oxygens (including phenoxy) is 1. The summed E-state index contributed by atoms with van der Waals surface area (Å²) in [5, 5.41) is 13.0. The maximum Gasteiger partial charge on any atom is 0.243 e. The lowest BCUT2D eigenvalue weighted by Crippen LogP contribution is -2.45. The molecule has 0 spiro atoms. The summed E-state index contributed by atoms with van der Waals surface area (Å²) in [5.74, 6) is -0.113. The molecule has 9 nitrogen and oxygen atoms in total. The lowest BCUT2D eigenvalue weighted by Gasteiger charge is -2.24. The zero-order valence-corrected chi connectivity index (χ0v) is 18.5. The molecular weight excluding hydrogens is 410 g/mol. The third-order valence-corrected chi connectivity index (χ3v) is 5.43. The molecule has 2 amide bonds. The van der Waals surface area contributed by atoms with Gasteiger partial charge in [0, 0.05) is 44.0 Å². The van der Waals surface area contributed by atoms with E-state index in [0.717, 1.165) is 22.5 Å². The van der Waals surface area contributed by atoms with Crippen molar-refractivity contribution in [3.63, 3.8) is 0 Å². The number of likely N-dealkylation sites (tertiary alicyclic amines) is 1. The molecule has 32 heavy (non-hydrogen) atoms. The van der Waals surface area contributed by atoms with Crippen LogP contribution in [-0.2, 0) is 20.9 Å². The van der Waals surface area contributed by atoms with Crippen LogP contribution in [0, 0.1) is 0 Å². The first kappa shape index (κ1) is 23.2. The topological polar surface area (TPSA) is 120 Å². The third kappa shape index (κ3) is 5.82. The van der Waals surface area contributed by atoms with E-state index in [1.165, 1.54) is 12.0 Å². The Balaban J connectivity index is 1.60. The number of hydrogen-bond donors (Lipinski definition) is 3. The highest BCUT2D eigenvalue weighted by molar-refractivity contribution is 5.94. The van der Waals surface area contributed by atoms with Crippen molar-refractivity contribution < 1.29 is 19.4 Å². The minimum Gasteiger partial charge on any atom is -0.500 e. The summed E-state index contributed by atoms with van der Waals surface area (Å²) in [7, 11) is 3.14. The normalized spacial score (nSPS) is 19.2. The fourth-order valence-electron chi connectivity index (χ4n) is 3.59. The molecule has 0 bridgehead atoms. The van der Waals surface area contributed by atoms with Gasteiger partial charge >= 0.3 is 0 Å². The SMILES string of the molecule is C/N=C(C)\C=C(\CC(=O)N1C[C@H](O)C[C@H]1C(=O)NCc1ccc(-c2c[nH]cn2)cc1)OC. The molecule has 0 radical (unpaired) electrons. The second kappa shape index (κ2) is 10.7. The van der Waals surface area contributed by atoms with Gasteiger partial charge < -0.3 is 25.0 Å². The molecule has 1 fully saturated rings. The number of aliphatic hydroxyl groups is 1. The van der Waals surface area contributed by atoms with Gasteiger partial charge in [0.1, 0.15) is 11.8 Å². The fourth-order valence-corrected chi connectivity index (χ4v) is 3.59. The first-order chi connectivity index (χ1) is 15.4. The van der Waals surface area contributed by atoms with E-state index in [2.05, 4.69) is 20.3 Å². The number of β-amino-alcohol motifs (C(OH)–C–C–N with tert-alkyl or cyclic N) is 1. The molecule has 1 saturated heterocycles. The highest BCUT2D eigenvalue weighted by atomic mass is 16.5. The van der Waals surface area contributed by atoms with Gasteiger partial charge in [0.2, 0.25) is 11.8 Å². The van der Waals surface area contributed by atoms with Crippen molar-refractivity contribution in [2.24, 2.45) is 4.99 Å². The van der Waals surface area contributed by atoms with Gasteiger partial charge in [0.25, 0.3) is 0 Å². The van der Waals surface area contributed by atoms with Gasteiger partial charge in [0.15, 0.2) is 0 Å². The third-order valence-electron chi connectivity index (χ3n) is 5.43. The number of H-pyrrole nitrogens is 1. The van der Waals surface area contributed by atoms with Crippen LogP contribution in [0.15, 0.2) is 53.6 Å². The number of aromatic nitrogens is 2. The number of aliphatic hydroxyl groups excluding tert-OH is 1. The van der Waals surface area contributed by atoms with Gasteiger partial charge in [-0.3, -0.25) is 14.6 Å². The number of carbonyl (C=O) groups excluding carboxylic acids is 2. The van der Waals surface area contributed by atoms with Gasteiger partial charge in [-0.25, -0.2) is 4.98 Å². The Hall–Kier alpha value is -3.46. The average molecular weight is 440 g/mol. The Kier molecular flexibility index (Phi) is 7.77. The molecule has 1 aliphatic rings. The van der Waals surface area contributed by atoms with Gasteiger partial charge in [-0.1, -0.05) is 24.3 Å². The molecule has 2 atom stereocenters. The zero-order valence-electron chi connectivity index (χ0n) is 18.5. The lowest BCUT2D eigenvalue weighted by atomic mass is 10.1. The van der Waals surface area contributed by atoms with E-state index < -0.39 is 12.1 Å². The van der Waals surface area contributed by atoms with E-state index in [4.69, 9.17) is 4.74 Å². The summed E-state index contributed by atoms with van der Waals surface area (Å²) in [4.78, 5) is 38.2. The number of nitrogens with zero attached hydrogens (tertiary/aromatic N) is 3. The number of allylic oxidation sites excluding steroid dienone is 1. The molecule has 0 aliphatic carbocycles. The van der Waals surface area contributed by atoms with Crippen LogP contribution in [0.1, 0.15) is 25.3 Å². The van der Waals surface area contributed by atoms with Crippen LogP contribution in [-0.4, -0.2) is 70.3 Å². The Labute approximate surface area is 187 Å². The van der Waals surface area contributed by atoms with Crippen LogP contribution in [0.3, 0.4) is 0 Å². The zero-order chi connectivity index (χ0) is 23.1. The molecule has 1 aromatic carbocycles. The molecule has 3 rings (SSSR count). The van der Waals surface area contributed by atoms with Crippen molar-refractivity contribution >= 4 is 17.5 Å². The first-order valence-corrected chi connectivity index (χ1v) is 10.4. The number of imidazole rings is 1. The van der Waals surface area contributed by atoms with E-state index in [0.29, 0.717) is 12.3 Å². The standard InChI is InChI=1S/C23H29N5O4/c1-15(24-2)8-19(32-3)10-22(30)28-13-18(29)9-21(28)23(31)26-11-16-4-6-17(7-5-16)20-12-25-14-27-20/h4-8,12,14,18,21,29H,9-11,13H2,1-3H3,(H,25,27)(H,26,31)/b19-8-,24-15-/t18-,21+/m1/s1. The average Bonchev–Trinajstić information content (AvgIpc) is 3.47. The number of nitrogens with one attached hydrogen (secondary N) is 2. The summed E-state index contributed by atoms with van der Waals surface area (Å²) in [5.41, 5.74) is 3.47. The van der Waals surface area contributed by atoms with Gasteiger partial charge in [-0.05, 0) is 18.6 Å². The van der Waals surface area contributed by atoms with Crippen molar-refractivity contribution in [1.82, 2.24) is 20.2 Å². The molecule has 1 aliphatic heterocycles. The summed E-state index contributed by atoms with van der Waals surface area (Å²) in [6, 6.07) is 6.99. The molecule has 170 valence electrons. The minimum absolute atomic E-state index is 0.00544. The smallest absolute Gasteiger partial charge is 0.243 e. The number of methoxy groups -OCH3 is 1. The highest BCUT2D eigenvalue weighted by Crippen LogP contribution is 2.21. The predicted octanol–water partition coefficient (Wildman–Crippen LogP) is 1.67. The highest BCUT2D eigenvalue weighted by Gasteiger charge is 2.38. The molecule has 1 aromatic heterocycles. The quantitative estimate of drug-likeness (QED) is 0.427. The number of benzene rings is 1. The first-order valence-electron chi connectivity index (χ1n) is 10.4. The largest absolute Gasteiger partial charge is 0.500 e. The number of aromatic amines is 1. The summed E-state index contributed by atoms with van der Waals surface area (Å²) in [6.45, 7) is 2.25. The van der Waals surface area contributed by atoms with E-state index in [9.17, 15) is 14.7 Å². The Morgan fingerprint density at radius 1 is 1.38 bits per heavy atom. The summed E-state index contributed by atoms with van der Waals surface area (Å²) in [6.07, 6.45) is 4.58. The number of hydrogen-bond acceptors (Lipinski definition) is 6. The molecule has 2 heterocycles. The summed E-state index contributed by atoms with van der Waals surface area (Å²) < 4.78 is 5.28. The van der Waals surface area contributed by atoms with Crippen molar-refractivity contribution in [3.05, 3.63) is 54.2 Å². The van der Waals surface area contributed by atoms with Gasteiger partial charge in [-0.2, -0.15) is 0 Å². The fraction of sp³-hybridized carbons (Fsp3) is 0.391. The van der Waals surface area contributed by atoms with Gasteiger partial charge in [-0.15, -0.1) is 0 Å². The monoisotopic (exact) mass is 439 g/mol. The number of aliphatic imine (C=N–C) groups is 1. The van der Waals surface area contributed by atoms with Crippen molar-refractivity contribution in [2.45, 2.75) is 38.5 Å². The Morgan fingerprint density at radius 3 is 2.75 bits per heavy atom. The maximum absolute atomic E-state index is 12.8. The van der Waals surface area contributed by atoms with Crippen molar-refractivity contribution in [1.29, 1.82) is 0 Å². The number of rotatable bonds is 8. The van der Waals surface area contributed by atoms with Crippen LogP contribution in [0.25, 0.3) is 11.3 Å². The van der Waals surface area contributed by atoms with E-state index in [1.54, 1.807) is 26.4 Å². The van der Waals surface area contributed by atoms with Crippen LogP contribution in [0.2, 0.25) is 0 Å². The van der Waals surface area contributed by atoms with E-state index >= 15 is 0 Å². The molecule has 0 saturated carbocycles. The predicted molar refractivity (Wildman–Crippen MR) is 121 cm³/mol. The number of amides is 2. The van der Waals surface area contributed by atoms with E-state index in [-0.39, 0.29) is 31.2 Å². The van der Waals surface area contributed by atoms with E-state index in [1.807, 2.05) is 30.5 Å². The Bertz CT molecular complexity index is 982. The van der Waals surface area contributed by atoms with Crippen molar-refractivity contribution in [3.8, 4) is 11.3 Å². The van der Waals surface area contributed by atoms with Gasteiger partial charge in [0.05, 0.1) is 31.7 Å². The Morgan fingerprint density at radius 2 is 2.12 bits per heavy atom. The lowest BCUT2D eigenvalue weighted by molar-refractivity contribution is -0.138. The molecule has 9 heteroatoms. The molecule has 0 unspecified atom stereocenters. The second-order valence-corrected chi connectivity index (χ2v) is 7.68. The van der Waals surface area contributed by atoms with Crippen LogP contribution in [0.5, 0.6) is 0 Å². The molecule has 2 aromatic rings. The van der Waals surface area contributed by atoms with Crippen LogP contribution in [0.4, 0.5) is 0 Å². The molecular formula is C23H29N5O4. The number of carbonyl (C=O) groups is 2. The van der Waals surface area contributed by atoms with Crippen LogP contribution < -0.4 is 5.32 Å². The maximum atomic E-state index is 12.8. The second-order valence-electron chi connectivity index (χ2n) is 7.68. The molecule has 3 N–H and O–H groups in total. The van der Waals surface area contributed by atoms with Crippen LogP contribution >= 0.6 is 0 Å². The minimum atomic E-state index is -0.739. The summed E-state index contributed by atoms with van der Waals surface area (Å²) >= 11 is 0.